The zero-order valence-corrected chi connectivity index (χ0v) is 24.9. The molecule has 0 heterocycles. The molecular weight excluding hydrogens is 604 g/mol. The van der Waals surface area contributed by atoms with Gasteiger partial charge in [0.05, 0.1) is 12.7 Å². The van der Waals surface area contributed by atoms with Crippen molar-refractivity contribution in [1.82, 2.24) is 20.9 Å². The van der Waals surface area contributed by atoms with Gasteiger partial charge in [0.1, 0.15) is 31.6 Å². The van der Waals surface area contributed by atoms with Gasteiger partial charge in [-0.05, 0) is 61.1 Å². The zero-order valence-electron chi connectivity index (χ0n) is 24.9. The van der Waals surface area contributed by atoms with E-state index in [0.29, 0.717) is 24.8 Å². The number of alkyl carbamates (subject to hydrolysis) is 1. The fraction of sp³-hybridized carbons (Fsp3) is 0.433. The number of methoxy groups -OCH3 is 1. The largest absolute Gasteiger partial charge is 0.467 e. The monoisotopic (exact) mass is 640 g/mol. The van der Waals surface area contributed by atoms with Gasteiger partial charge in [0.15, 0.2) is 0 Å². The summed E-state index contributed by atoms with van der Waals surface area (Å²) in [4.78, 5) is 61.9. The summed E-state index contributed by atoms with van der Waals surface area (Å²) in [7, 11) is 1.14. The number of alkyl halides is 3. The Labute approximate surface area is 257 Å². The minimum atomic E-state index is -4.49. The number of carbonyl (C=O) groups is 5. The molecule has 11 nitrogen and oxygen atoms in total. The van der Waals surface area contributed by atoms with Crippen molar-refractivity contribution in [2.45, 2.75) is 51.4 Å². The summed E-state index contributed by atoms with van der Waals surface area (Å²) in [5, 5.41) is 7.63. The van der Waals surface area contributed by atoms with Crippen molar-refractivity contribution in [3.8, 4) is 0 Å². The second kappa shape index (κ2) is 18.2. The maximum atomic E-state index is 13.0. The normalized spacial score (nSPS) is 11.6. The first-order chi connectivity index (χ1) is 21.3. The number of rotatable bonds is 16. The Morgan fingerprint density at radius 3 is 1.98 bits per heavy atom. The maximum Gasteiger partial charge on any atom is 0.416 e. The molecule has 45 heavy (non-hydrogen) atoms. The van der Waals surface area contributed by atoms with Gasteiger partial charge in [-0.2, -0.15) is 13.2 Å². The van der Waals surface area contributed by atoms with Gasteiger partial charge in [-0.25, -0.2) is 14.0 Å². The molecule has 0 aromatic heterocycles. The molecule has 4 amide bonds. The molecular formula is C30H36F4N4O7. The highest BCUT2D eigenvalue weighted by atomic mass is 19.4. The van der Waals surface area contributed by atoms with Crippen molar-refractivity contribution < 1.29 is 51.0 Å². The van der Waals surface area contributed by atoms with E-state index in [1.165, 1.54) is 31.2 Å². The molecule has 0 aliphatic rings. The van der Waals surface area contributed by atoms with E-state index in [-0.39, 0.29) is 45.0 Å². The second-order valence-electron chi connectivity index (χ2n) is 9.94. The smallest absolute Gasteiger partial charge is 0.416 e. The minimum absolute atomic E-state index is 0.135. The SMILES string of the molecule is COC(=O)C(CCCCNC(=O)CN(CC(=O)NCCc1ccc(F)cc1)C(C)=O)NC(=O)OCc1ccc(C(F)(F)F)cc1. The molecule has 0 saturated carbocycles. The zero-order chi connectivity index (χ0) is 33.4. The Hall–Kier alpha value is -4.69. The number of carbonyl (C=O) groups excluding carboxylic acids is 5. The first-order valence-corrected chi connectivity index (χ1v) is 14.0. The van der Waals surface area contributed by atoms with E-state index in [2.05, 4.69) is 16.0 Å². The predicted molar refractivity (Wildman–Crippen MR) is 153 cm³/mol. The Morgan fingerprint density at radius 2 is 1.42 bits per heavy atom. The molecule has 0 spiro atoms. The van der Waals surface area contributed by atoms with E-state index >= 15 is 0 Å². The molecule has 1 atom stereocenters. The highest BCUT2D eigenvalue weighted by molar-refractivity contribution is 5.88. The van der Waals surface area contributed by atoms with Crippen molar-refractivity contribution >= 4 is 29.8 Å². The van der Waals surface area contributed by atoms with Gasteiger partial charge in [-0.3, -0.25) is 14.4 Å². The van der Waals surface area contributed by atoms with Crippen molar-refractivity contribution in [1.29, 1.82) is 0 Å². The Morgan fingerprint density at radius 1 is 0.844 bits per heavy atom. The number of hydrogen-bond donors (Lipinski definition) is 3. The summed E-state index contributed by atoms with van der Waals surface area (Å²) in [6.07, 6.45) is -4.10. The van der Waals surface area contributed by atoms with E-state index in [9.17, 15) is 41.5 Å². The summed E-state index contributed by atoms with van der Waals surface area (Å²) in [6.45, 7) is 0.680. The molecule has 0 aliphatic carbocycles. The number of nitrogens with one attached hydrogen (secondary N) is 3. The predicted octanol–water partition coefficient (Wildman–Crippen LogP) is 3.11. The van der Waals surface area contributed by atoms with Crippen LogP contribution in [0.3, 0.4) is 0 Å². The summed E-state index contributed by atoms with van der Waals surface area (Å²) >= 11 is 0. The Bertz CT molecular complexity index is 1290. The standard InChI is InChI=1S/C30H36F4N4O7/c1-20(39)38(18-27(41)36-16-14-21-8-12-24(31)13-9-21)17-26(40)35-15-4-3-5-25(28(42)44-2)37-29(43)45-19-22-6-10-23(11-7-22)30(32,33)34/h6-13,25H,3-5,14-19H2,1-2H3,(H,35,40)(H,36,41)(H,37,43). The van der Waals surface area contributed by atoms with Crippen LogP contribution in [0.2, 0.25) is 0 Å². The molecule has 2 aromatic rings. The van der Waals surface area contributed by atoms with Gasteiger partial charge in [-0.1, -0.05) is 24.3 Å². The number of benzene rings is 2. The molecule has 15 heteroatoms. The number of halogens is 4. The number of hydrogen-bond acceptors (Lipinski definition) is 7. The van der Waals surface area contributed by atoms with Crippen LogP contribution < -0.4 is 16.0 Å². The fourth-order valence-electron chi connectivity index (χ4n) is 3.95. The van der Waals surface area contributed by atoms with Gasteiger partial charge in [0.25, 0.3) is 0 Å². The van der Waals surface area contributed by atoms with Gasteiger partial charge in [0.2, 0.25) is 17.7 Å². The highest BCUT2D eigenvalue weighted by Gasteiger charge is 2.30. The number of amides is 4. The molecule has 0 aliphatic heterocycles. The topological polar surface area (TPSA) is 143 Å². The first kappa shape index (κ1) is 36.5. The Kier molecular flexibility index (Phi) is 14.8. The third-order valence-corrected chi connectivity index (χ3v) is 6.43. The first-order valence-electron chi connectivity index (χ1n) is 14.0. The van der Waals surface area contributed by atoms with E-state index in [0.717, 1.165) is 29.7 Å². The van der Waals surface area contributed by atoms with Crippen LogP contribution in [0.4, 0.5) is 22.4 Å². The third kappa shape index (κ3) is 14.1. The fourth-order valence-corrected chi connectivity index (χ4v) is 3.95. The summed E-state index contributed by atoms with van der Waals surface area (Å²) < 4.78 is 60.7. The molecule has 2 aromatic carbocycles. The van der Waals surface area contributed by atoms with E-state index in [1.807, 2.05) is 0 Å². The van der Waals surface area contributed by atoms with Crippen molar-refractivity contribution in [3.05, 3.63) is 71.0 Å². The lowest BCUT2D eigenvalue weighted by atomic mass is 10.1. The van der Waals surface area contributed by atoms with Gasteiger partial charge < -0.3 is 30.3 Å². The molecule has 3 N–H and O–H groups in total. The summed E-state index contributed by atoms with van der Waals surface area (Å²) in [6, 6.07) is 8.83. The third-order valence-electron chi connectivity index (χ3n) is 6.43. The van der Waals surface area contributed by atoms with Crippen LogP contribution in [0.25, 0.3) is 0 Å². The number of esters is 1. The lowest BCUT2D eigenvalue weighted by Gasteiger charge is -2.20. The van der Waals surface area contributed by atoms with E-state index in [1.54, 1.807) is 12.1 Å². The van der Waals surface area contributed by atoms with Gasteiger partial charge in [-0.15, -0.1) is 0 Å². The van der Waals surface area contributed by atoms with Crippen LogP contribution in [0.1, 0.15) is 42.9 Å². The Balaban J connectivity index is 1.69. The molecule has 0 saturated heterocycles. The lowest BCUT2D eigenvalue weighted by Crippen LogP contribution is -2.45. The number of nitrogens with zero attached hydrogens (tertiary/aromatic N) is 1. The second-order valence-corrected chi connectivity index (χ2v) is 9.94. The lowest BCUT2D eigenvalue weighted by molar-refractivity contribution is -0.143. The number of unbranched alkanes of at least 4 members (excludes halogenated alkanes) is 1. The van der Waals surface area contributed by atoms with Crippen molar-refractivity contribution in [2.24, 2.45) is 0 Å². The van der Waals surface area contributed by atoms with Gasteiger partial charge >= 0.3 is 18.2 Å². The van der Waals surface area contributed by atoms with Crippen LogP contribution in [0, 0.1) is 5.82 Å². The van der Waals surface area contributed by atoms with Crippen LogP contribution in [0.5, 0.6) is 0 Å². The molecule has 246 valence electrons. The molecule has 2 rings (SSSR count). The summed E-state index contributed by atoms with van der Waals surface area (Å²) in [5.41, 5.74) is 0.298. The van der Waals surface area contributed by atoms with E-state index < -0.39 is 47.6 Å². The average Bonchev–Trinajstić information content (AvgIpc) is 2.99. The number of ether oxygens (including phenoxy) is 2. The van der Waals surface area contributed by atoms with Crippen molar-refractivity contribution in [3.63, 3.8) is 0 Å². The minimum Gasteiger partial charge on any atom is -0.467 e. The maximum absolute atomic E-state index is 13.0. The van der Waals surface area contributed by atoms with Gasteiger partial charge in [0, 0.05) is 20.0 Å². The quantitative estimate of drug-likeness (QED) is 0.145. The van der Waals surface area contributed by atoms with Crippen LogP contribution >= 0.6 is 0 Å². The average molecular weight is 641 g/mol. The molecule has 1 unspecified atom stereocenters. The summed E-state index contributed by atoms with van der Waals surface area (Å²) in [5.74, 6) is -2.54. The highest BCUT2D eigenvalue weighted by Crippen LogP contribution is 2.29. The van der Waals surface area contributed by atoms with Crippen LogP contribution in [-0.2, 0) is 47.9 Å². The van der Waals surface area contributed by atoms with E-state index in [4.69, 9.17) is 9.47 Å². The van der Waals surface area contributed by atoms with Crippen molar-refractivity contribution in [2.75, 3.05) is 33.3 Å². The molecule has 0 bridgehead atoms. The molecule has 0 radical (unpaired) electrons. The van der Waals surface area contributed by atoms with Crippen LogP contribution in [0.15, 0.2) is 48.5 Å². The molecule has 0 fully saturated rings. The van der Waals surface area contributed by atoms with Crippen LogP contribution in [-0.4, -0.2) is 74.0 Å².